The van der Waals surface area contributed by atoms with E-state index in [4.69, 9.17) is 11.6 Å². The van der Waals surface area contributed by atoms with Gasteiger partial charge in [-0.1, -0.05) is 48.0 Å². The molecule has 6 nitrogen and oxygen atoms in total. The Morgan fingerprint density at radius 3 is 2.68 bits per heavy atom. The van der Waals surface area contributed by atoms with Gasteiger partial charge in [-0.25, -0.2) is 15.0 Å². The van der Waals surface area contributed by atoms with Crippen LogP contribution in [0.5, 0.6) is 0 Å². The Kier molecular flexibility index (Phi) is 4.89. The molecule has 0 amide bonds. The predicted molar refractivity (Wildman–Crippen MR) is 126 cm³/mol. The molecule has 0 aliphatic rings. The molecule has 0 fully saturated rings. The first-order valence-electron chi connectivity index (χ1n) is 9.31. The first-order valence-corrected chi connectivity index (χ1v) is 10.6. The molecule has 0 aliphatic heterocycles. The number of nitrogens with zero attached hydrogens (tertiary/aromatic N) is 4. The number of fused-ring (bicyclic) bond motifs is 2. The average Bonchev–Trinajstić information content (AvgIpc) is 3.27. The minimum Gasteiger partial charge on any atom is -0.258 e. The highest BCUT2D eigenvalue weighted by molar-refractivity contribution is 7.13. The average molecular weight is 445 g/mol. The fourth-order valence-electron chi connectivity index (χ4n) is 3.30. The molecule has 3 aromatic carbocycles. The SMILES string of the molecule is O=[N+]([O-])c1cccc(/C=N/c2nc(-c3ccc4nc5ccccc5c(Cl)c4c3)cs2)c1. The molecule has 0 saturated heterocycles. The largest absolute Gasteiger partial charge is 0.270 e. The van der Waals surface area contributed by atoms with E-state index >= 15 is 0 Å². The number of thiazole rings is 1. The molecule has 5 aromatic rings. The normalized spacial score (nSPS) is 11.5. The zero-order valence-corrected chi connectivity index (χ0v) is 17.5. The van der Waals surface area contributed by atoms with Crippen LogP contribution in [0, 0.1) is 10.1 Å². The maximum Gasteiger partial charge on any atom is 0.270 e. The molecule has 2 aromatic heterocycles. The lowest BCUT2D eigenvalue weighted by Crippen LogP contribution is -1.89. The highest BCUT2D eigenvalue weighted by atomic mass is 35.5. The summed E-state index contributed by atoms with van der Waals surface area (Å²) in [6.07, 6.45) is 1.57. The molecule has 0 spiro atoms. The number of hydrogen-bond donors (Lipinski definition) is 0. The first kappa shape index (κ1) is 19.3. The summed E-state index contributed by atoms with van der Waals surface area (Å²) in [5.41, 5.74) is 4.05. The molecule has 8 heteroatoms. The number of benzene rings is 3. The van der Waals surface area contributed by atoms with Crippen molar-refractivity contribution in [2.75, 3.05) is 0 Å². The summed E-state index contributed by atoms with van der Waals surface area (Å²) in [5, 5.41) is 15.8. The molecular formula is C23H13ClN4O2S. The summed E-state index contributed by atoms with van der Waals surface area (Å²) in [5.74, 6) is 0. The number of nitro benzene ring substituents is 1. The molecular weight excluding hydrogens is 432 g/mol. The number of nitro groups is 1. The van der Waals surface area contributed by atoms with Crippen molar-refractivity contribution in [1.29, 1.82) is 0 Å². The molecule has 0 N–H and O–H groups in total. The molecule has 150 valence electrons. The van der Waals surface area contributed by atoms with Crippen LogP contribution in [-0.4, -0.2) is 21.1 Å². The maximum absolute atomic E-state index is 10.9. The van der Waals surface area contributed by atoms with Crippen LogP contribution in [0.2, 0.25) is 5.02 Å². The molecule has 0 unspecified atom stereocenters. The van der Waals surface area contributed by atoms with Gasteiger partial charge in [-0.3, -0.25) is 10.1 Å². The van der Waals surface area contributed by atoms with Crippen molar-refractivity contribution in [3.63, 3.8) is 0 Å². The fourth-order valence-corrected chi connectivity index (χ4v) is 4.29. The third-order valence-corrected chi connectivity index (χ3v) is 5.96. The summed E-state index contributed by atoms with van der Waals surface area (Å²) in [7, 11) is 0. The van der Waals surface area contributed by atoms with Gasteiger partial charge >= 0.3 is 0 Å². The van der Waals surface area contributed by atoms with Gasteiger partial charge in [0.1, 0.15) is 0 Å². The van der Waals surface area contributed by atoms with Crippen LogP contribution in [0.3, 0.4) is 0 Å². The van der Waals surface area contributed by atoms with E-state index < -0.39 is 4.92 Å². The van der Waals surface area contributed by atoms with E-state index in [9.17, 15) is 10.1 Å². The lowest BCUT2D eigenvalue weighted by atomic mass is 10.1. The second kappa shape index (κ2) is 7.86. The highest BCUT2D eigenvalue weighted by Gasteiger charge is 2.10. The van der Waals surface area contributed by atoms with Crippen LogP contribution in [0.1, 0.15) is 5.56 Å². The van der Waals surface area contributed by atoms with Gasteiger partial charge in [0.05, 0.1) is 26.7 Å². The Morgan fingerprint density at radius 2 is 1.81 bits per heavy atom. The van der Waals surface area contributed by atoms with Gasteiger partial charge in [-0.15, -0.1) is 11.3 Å². The molecule has 0 saturated carbocycles. The Labute approximate surface area is 185 Å². The molecule has 0 radical (unpaired) electrons. The number of aromatic nitrogens is 2. The Hall–Kier alpha value is -3.68. The number of rotatable bonds is 4. The van der Waals surface area contributed by atoms with Crippen LogP contribution in [0.4, 0.5) is 10.8 Å². The lowest BCUT2D eigenvalue weighted by Gasteiger charge is -2.06. The Morgan fingerprint density at radius 1 is 0.968 bits per heavy atom. The van der Waals surface area contributed by atoms with Gasteiger partial charge < -0.3 is 0 Å². The summed E-state index contributed by atoms with van der Waals surface area (Å²) in [6.45, 7) is 0. The van der Waals surface area contributed by atoms with Crippen molar-refractivity contribution < 1.29 is 4.92 Å². The molecule has 0 bridgehead atoms. The quantitative estimate of drug-likeness (QED) is 0.132. The number of halogens is 1. The van der Waals surface area contributed by atoms with Crippen molar-refractivity contribution in [2.45, 2.75) is 0 Å². The zero-order chi connectivity index (χ0) is 21.4. The zero-order valence-electron chi connectivity index (χ0n) is 15.9. The number of non-ortho nitro benzene ring substituents is 1. The molecule has 0 aliphatic carbocycles. The van der Waals surface area contributed by atoms with E-state index in [1.54, 1.807) is 18.3 Å². The van der Waals surface area contributed by atoms with E-state index in [0.29, 0.717) is 15.7 Å². The molecule has 5 rings (SSSR count). The summed E-state index contributed by atoms with van der Waals surface area (Å²) >= 11 is 8.06. The van der Waals surface area contributed by atoms with Gasteiger partial charge in [-0.05, 0) is 23.8 Å². The van der Waals surface area contributed by atoms with Gasteiger partial charge in [0.15, 0.2) is 0 Å². The highest BCUT2D eigenvalue weighted by Crippen LogP contribution is 2.34. The summed E-state index contributed by atoms with van der Waals surface area (Å²) in [6, 6.07) is 20.0. The third-order valence-electron chi connectivity index (χ3n) is 4.81. The van der Waals surface area contributed by atoms with Gasteiger partial charge in [-0.2, -0.15) is 0 Å². The summed E-state index contributed by atoms with van der Waals surface area (Å²) < 4.78 is 0. The van der Waals surface area contributed by atoms with Gasteiger partial charge in [0.25, 0.3) is 5.69 Å². The number of para-hydroxylation sites is 1. The fraction of sp³-hybridized carbons (Fsp3) is 0. The minimum atomic E-state index is -0.429. The summed E-state index contributed by atoms with van der Waals surface area (Å²) in [4.78, 5) is 24.1. The van der Waals surface area contributed by atoms with Gasteiger partial charge in [0.2, 0.25) is 5.13 Å². The second-order valence-corrected chi connectivity index (χ2v) is 8.01. The van der Waals surface area contributed by atoms with E-state index in [1.165, 1.54) is 23.5 Å². The van der Waals surface area contributed by atoms with Crippen LogP contribution in [0.15, 0.2) is 77.1 Å². The van der Waals surface area contributed by atoms with Crippen LogP contribution in [0.25, 0.3) is 33.1 Å². The maximum atomic E-state index is 10.9. The minimum absolute atomic E-state index is 0.0259. The van der Waals surface area contributed by atoms with E-state index in [-0.39, 0.29) is 5.69 Å². The van der Waals surface area contributed by atoms with Crippen molar-refractivity contribution >= 4 is 61.8 Å². The first-order chi connectivity index (χ1) is 15.1. The lowest BCUT2D eigenvalue weighted by molar-refractivity contribution is -0.384. The van der Waals surface area contributed by atoms with Crippen LogP contribution >= 0.6 is 22.9 Å². The van der Waals surface area contributed by atoms with Crippen LogP contribution < -0.4 is 0 Å². The van der Waals surface area contributed by atoms with Crippen molar-refractivity contribution in [3.8, 4) is 11.3 Å². The molecule has 0 atom stereocenters. The number of pyridine rings is 1. The topological polar surface area (TPSA) is 81.3 Å². The smallest absolute Gasteiger partial charge is 0.258 e. The van der Waals surface area contributed by atoms with E-state index in [2.05, 4.69) is 15.0 Å². The van der Waals surface area contributed by atoms with Gasteiger partial charge in [0, 0.05) is 40.1 Å². The van der Waals surface area contributed by atoms with E-state index in [0.717, 1.165) is 33.1 Å². The van der Waals surface area contributed by atoms with E-state index in [1.807, 2.05) is 47.8 Å². The predicted octanol–water partition coefficient (Wildman–Crippen LogP) is 6.82. The van der Waals surface area contributed by atoms with Crippen molar-refractivity contribution in [1.82, 2.24) is 9.97 Å². The van der Waals surface area contributed by atoms with Crippen molar-refractivity contribution in [3.05, 3.63) is 92.8 Å². The van der Waals surface area contributed by atoms with Crippen LogP contribution in [-0.2, 0) is 0 Å². The van der Waals surface area contributed by atoms with Crippen molar-refractivity contribution in [2.24, 2.45) is 4.99 Å². The second-order valence-electron chi connectivity index (χ2n) is 6.80. The standard InChI is InChI=1S/C23H13ClN4O2S/c24-22-17-6-1-2-7-19(17)26-20-9-8-15(11-18(20)22)21-13-31-23(27-21)25-12-14-4-3-5-16(10-14)28(29)30/h1-13H/b25-12+. The molecule has 2 heterocycles. The monoisotopic (exact) mass is 444 g/mol. The number of aliphatic imine (C=N–C) groups is 1. The Balaban J connectivity index is 1.48. The number of hydrogen-bond acceptors (Lipinski definition) is 6. The molecule has 31 heavy (non-hydrogen) atoms. The third kappa shape index (κ3) is 3.76. The Bertz CT molecular complexity index is 1500.